The van der Waals surface area contributed by atoms with E-state index in [0.29, 0.717) is 26.2 Å². The molecule has 4 aromatic carbocycles. The molecule has 12 aromatic rings. The minimum absolute atomic E-state index is 0. The molecule has 16 nitrogen and oxygen atoms in total. The van der Waals surface area contributed by atoms with Crippen molar-refractivity contribution in [2.45, 2.75) is 26.2 Å². The van der Waals surface area contributed by atoms with Crippen LogP contribution in [0.5, 0.6) is 0 Å². The Balaban J connectivity index is 0.000000273. The summed E-state index contributed by atoms with van der Waals surface area (Å²) in [5.74, 6) is 3.18. The fourth-order valence-electron chi connectivity index (χ4n) is 8.62. The molecule has 98 heavy (non-hydrogen) atoms. The molecular weight excluding hydrogens is 1420 g/mol. The van der Waals surface area contributed by atoms with Gasteiger partial charge in [0.1, 0.15) is 0 Å². The largest absolute Gasteiger partial charge is 2.00 e. The molecule has 0 saturated heterocycles. The topological polar surface area (TPSA) is 171 Å². The van der Waals surface area contributed by atoms with Crippen molar-refractivity contribution in [2.75, 3.05) is 21.3 Å². The zero-order valence-corrected chi connectivity index (χ0v) is 57.0. The van der Waals surface area contributed by atoms with Crippen LogP contribution in [-0.4, -0.2) is 88.1 Å². The standard InChI is InChI=1S/2C30H26N8.4BF4.2Zn/c2*1-3-13-27(31-21-23-9-5-15-29(35-23)37-19-7-17-33-37)25(11-1)26-12-2-4-14-28(26)32-22-24-10-6-16-30(36-24)38-20-8-18-34-38;4*2-1(3,4)5;;/h2*1-20,31-32H,21-22H2;;;;;;/q;;4*-1;2*+2. The van der Waals surface area contributed by atoms with Crippen LogP contribution < -0.4 is 21.3 Å². The van der Waals surface area contributed by atoms with Gasteiger partial charge < -0.3 is 90.3 Å². The molecule has 0 radical (unpaired) electrons. The number of pyridine rings is 4. The van der Waals surface area contributed by atoms with Gasteiger partial charge in [0.05, 0.1) is 49.0 Å². The van der Waals surface area contributed by atoms with Gasteiger partial charge in [0.25, 0.3) is 0 Å². The average Bonchev–Trinajstić information content (AvgIpc) is 1.11. The van der Waals surface area contributed by atoms with Gasteiger partial charge in [-0.1, -0.05) is 97.1 Å². The normalized spacial score (nSPS) is 10.9. The summed E-state index contributed by atoms with van der Waals surface area (Å²) in [6.07, 6.45) is 14.6. The fourth-order valence-corrected chi connectivity index (χ4v) is 8.62. The summed E-state index contributed by atoms with van der Waals surface area (Å²) in [5, 5.41) is 31.5. The Kier molecular flexibility index (Phi) is 30.5. The van der Waals surface area contributed by atoms with Gasteiger partial charge in [-0.3, -0.25) is 0 Å². The van der Waals surface area contributed by atoms with Crippen LogP contribution in [0.25, 0.3) is 45.5 Å². The molecule has 0 aliphatic carbocycles. The summed E-state index contributed by atoms with van der Waals surface area (Å²) in [6, 6.07) is 64.7. The third kappa shape index (κ3) is 29.1. The Morgan fingerprint density at radius 1 is 0.245 bits per heavy atom. The second-order valence-electron chi connectivity index (χ2n) is 19.3. The van der Waals surface area contributed by atoms with Gasteiger partial charge in [0.15, 0.2) is 23.3 Å². The number of hydrogen-bond donors (Lipinski definition) is 4. The van der Waals surface area contributed by atoms with Crippen molar-refractivity contribution in [3.63, 3.8) is 0 Å². The first-order valence-corrected chi connectivity index (χ1v) is 28.3. The molecule has 0 bridgehead atoms. The van der Waals surface area contributed by atoms with Crippen molar-refractivity contribution in [3.8, 4) is 45.5 Å². The van der Waals surface area contributed by atoms with Crippen LogP contribution in [0.2, 0.25) is 0 Å². The summed E-state index contributed by atoms with van der Waals surface area (Å²) >= 11 is 0. The summed E-state index contributed by atoms with van der Waals surface area (Å²) in [4.78, 5) is 19.0. The van der Waals surface area contributed by atoms with Crippen LogP contribution in [0.4, 0.5) is 91.8 Å². The zero-order valence-electron chi connectivity index (χ0n) is 51.1. The van der Waals surface area contributed by atoms with Crippen molar-refractivity contribution in [3.05, 3.63) is 266 Å². The van der Waals surface area contributed by atoms with E-state index < -0.39 is 29.0 Å². The number of halogens is 16. The van der Waals surface area contributed by atoms with E-state index >= 15 is 0 Å². The average molecular weight is 1480 g/mol. The maximum absolute atomic E-state index is 9.75. The number of aromatic nitrogens is 12. The first-order chi connectivity index (χ1) is 45.7. The molecule has 500 valence electrons. The van der Waals surface area contributed by atoms with Gasteiger partial charge in [-0.25, -0.2) is 38.7 Å². The Morgan fingerprint density at radius 3 is 0.602 bits per heavy atom. The summed E-state index contributed by atoms with van der Waals surface area (Å²) < 4.78 is 163. The van der Waals surface area contributed by atoms with Gasteiger partial charge >= 0.3 is 68.0 Å². The monoisotopic (exact) mass is 1470 g/mol. The number of nitrogens with one attached hydrogen (secondary N) is 4. The zero-order chi connectivity index (χ0) is 69.1. The summed E-state index contributed by atoms with van der Waals surface area (Å²) in [6.45, 7) is 2.36. The van der Waals surface area contributed by atoms with Gasteiger partial charge in [-0.05, 0) is 97.1 Å². The van der Waals surface area contributed by atoms with Crippen LogP contribution in [0.3, 0.4) is 0 Å². The molecule has 38 heteroatoms. The number of nitrogens with zero attached hydrogens (tertiary/aromatic N) is 12. The third-order valence-corrected chi connectivity index (χ3v) is 12.3. The first kappa shape index (κ1) is 78.6. The minimum Gasteiger partial charge on any atom is -0.418 e. The number of rotatable bonds is 18. The predicted molar refractivity (Wildman–Crippen MR) is 339 cm³/mol. The molecular formula is C60H52B4F16N16Zn2. The Bertz CT molecular complexity index is 3690. The predicted octanol–water partition coefficient (Wildman–Crippen LogP) is 16.7. The molecule has 4 N–H and O–H groups in total. The van der Waals surface area contributed by atoms with Crippen LogP contribution in [0.1, 0.15) is 22.8 Å². The number of hydrogen-bond acceptors (Lipinski definition) is 12. The summed E-state index contributed by atoms with van der Waals surface area (Å²) in [5.41, 5.74) is 12.3. The molecule has 0 fully saturated rings. The quantitative estimate of drug-likeness (QED) is 0.0474. The van der Waals surface area contributed by atoms with E-state index in [9.17, 15) is 69.1 Å². The maximum atomic E-state index is 9.75. The van der Waals surface area contributed by atoms with E-state index in [-0.39, 0.29) is 39.0 Å². The van der Waals surface area contributed by atoms with Crippen molar-refractivity contribution in [2.24, 2.45) is 0 Å². The van der Waals surface area contributed by atoms with E-state index in [2.05, 4.69) is 114 Å². The second-order valence-corrected chi connectivity index (χ2v) is 19.3. The van der Waals surface area contributed by atoms with E-state index in [0.717, 1.165) is 91.1 Å². The van der Waals surface area contributed by atoms with E-state index in [1.54, 1.807) is 43.5 Å². The summed E-state index contributed by atoms with van der Waals surface area (Å²) in [7, 11) is -24.0. The Labute approximate surface area is 575 Å². The SMILES string of the molecule is F[B-](F)(F)F.F[B-](F)(F)F.F[B-](F)(F)F.F[B-](F)(F)F.[Zn+2].[Zn+2].c1cc(CNc2ccccc2-c2ccccc2NCc2cccc(-n3cccn3)n2)nc(-n2cccn2)c1.c1cc(CNc2ccccc2-c2ccccc2NCc2cccc(-n3cccn3)n2)nc(-n2cccn2)c1. The van der Waals surface area contributed by atoms with E-state index in [1.807, 2.05) is 146 Å². The smallest absolute Gasteiger partial charge is 0.418 e. The molecule has 8 heterocycles. The first-order valence-electron chi connectivity index (χ1n) is 28.3. The van der Waals surface area contributed by atoms with Crippen molar-refractivity contribution in [1.29, 1.82) is 0 Å². The molecule has 12 rings (SSSR count). The Morgan fingerprint density at radius 2 is 0.429 bits per heavy atom. The van der Waals surface area contributed by atoms with Crippen LogP contribution in [0.15, 0.2) is 244 Å². The molecule has 0 spiro atoms. The third-order valence-electron chi connectivity index (χ3n) is 12.3. The minimum atomic E-state index is -6.00. The molecule has 0 aliphatic heterocycles. The van der Waals surface area contributed by atoms with E-state index in [1.165, 1.54) is 0 Å². The van der Waals surface area contributed by atoms with Crippen LogP contribution in [0, 0.1) is 0 Å². The number of benzene rings is 4. The van der Waals surface area contributed by atoms with Crippen LogP contribution >= 0.6 is 0 Å². The fraction of sp³-hybridized carbons (Fsp3) is 0.0667. The van der Waals surface area contributed by atoms with Crippen molar-refractivity contribution >= 4 is 51.8 Å². The van der Waals surface area contributed by atoms with Gasteiger partial charge in [-0.15, -0.1) is 0 Å². The van der Waals surface area contributed by atoms with Crippen molar-refractivity contribution in [1.82, 2.24) is 59.1 Å². The molecule has 0 amide bonds. The van der Waals surface area contributed by atoms with E-state index in [4.69, 9.17) is 19.9 Å². The molecule has 0 saturated carbocycles. The molecule has 0 atom stereocenters. The molecule has 0 aliphatic rings. The van der Waals surface area contributed by atoms with Gasteiger partial charge in [0, 0.05) is 94.6 Å². The Hall–Kier alpha value is -10.1. The van der Waals surface area contributed by atoms with Crippen LogP contribution in [-0.2, 0) is 65.1 Å². The van der Waals surface area contributed by atoms with Gasteiger partial charge in [-0.2, -0.15) is 20.4 Å². The molecule has 8 aromatic heterocycles. The van der Waals surface area contributed by atoms with Crippen molar-refractivity contribution < 1.29 is 108 Å². The number of anilines is 4. The van der Waals surface area contributed by atoms with Gasteiger partial charge in [0.2, 0.25) is 0 Å². The molecule has 0 unspecified atom stereocenters. The maximum Gasteiger partial charge on any atom is 2.00 e. The second kappa shape index (κ2) is 38.0. The number of para-hydroxylation sites is 4.